The molecule has 0 atom stereocenters. The van der Waals surface area contributed by atoms with E-state index >= 15 is 0 Å². The van der Waals surface area contributed by atoms with E-state index in [0.29, 0.717) is 16.5 Å². The molecule has 1 aromatic carbocycles. The zero-order valence-electron chi connectivity index (χ0n) is 9.12. The highest BCUT2D eigenvalue weighted by Crippen LogP contribution is 2.24. The monoisotopic (exact) mass is 227 g/mol. The summed E-state index contributed by atoms with van der Waals surface area (Å²) in [5, 5.41) is 4.45. The molecular formula is C12H9N3O2. The van der Waals surface area contributed by atoms with Crippen molar-refractivity contribution >= 4 is 17.3 Å². The molecule has 3 aromatic rings. The number of hydrogen-bond acceptors (Lipinski definition) is 4. The first-order valence-electron chi connectivity index (χ1n) is 5.13. The Labute approximate surface area is 96.7 Å². The van der Waals surface area contributed by atoms with Crippen molar-refractivity contribution in [1.29, 1.82) is 0 Å². The van der Waals surface area contributed by atoms with E-state index in [4.69, 9.17) is 4.52 Å². The standard InChI is InChI=1S/C12H9N3O2/c1-8-5-15(7-13-8)11-3-2-9(6-16)10-4-14-17-12(10)11/h2-7H,1H3. The van der Waals surface area contributed by atoms with E-state index in [-0.39, 0.29) is 0 Å². The lowest BCUT2D eigenvalue weighted by Gasteiger charge is -2.02. The number of aldehydes is 1. The average molecular weight is 227 g/mol. The minimum absolute atomic E-state index is 0.571. The number of aromatic nitrogens is 3. The van der Waals surface area contributed by atoms with Crippen LogP contribution in [0, 0.1) is 6.92 Å². The molecule has 0 unspecified atom stereocenters. The number of aryl methyl sites for hydroxylation is 1. The number of nitrogens with zero attached hydrogens (tertiary/aromatic N) is 3. The summed E-state index contributed by atoms with van der Waals surface area (Å²) in [5.74, 6) is 0. The SMILES string of the molecule is Cc1cn(-c2ccc(C=O)c3cnoc23)cn1. The second-order valence-electron chi connectivity index (χ2n) is 3.78. The van der Waals surface area contributed by atoms with Gasteiger partial charge in [-0.1, -0.05) is 5.16 Å². The average Bonchev–Trinajstić information content (AvgIpc) is 2.96. The number of rotatable bonds is 2. The quantitative estimate of drug-likeness (QED) is 0.629. The van der Waals surface area contributed by atoms with Crippen LogP contribution in [0.4, 0.5) is 0 Å². The van der Waals surface area contributed by atoms with Crippen molar-refractivity contribution in [2.45, 2.75) is 6.92 Å². The van der Waals surface area contributed by atoms with Crippen LogP contribution in [0.3, 0.4) is 0 Å². The molecule has 0 saturated carbocycles. The molecule has 0 aliphatic carbocycles. The summed E-state index contributed by atoms with van der Waals surface area (Å²) in [6, 6.07) is 3.57. The van der Waals surface area contributed by atoms with Gasteiger partial charge in [0.2, 0.25) is 0 Å². The summed E-state index contributed by atoms with van der Waals surface area (Å²) in [5.41, 5.74) is 2.90. The molecule has 0 saturated heterocycles. The number of benzene rings is 1. The minimum Gasteiger partial charge on any atom is -0.354 e. The molecule has 0 fully saturated rings. The predicted octanol–water partition coefficient (Wildman–Crippen LogP) is 2.13. The van der Waals surface area contributed by atoms with Crippen LogP contribution in [0.5, 0.6) is 0 Å². The third-order valence-electron chi connectivity index (χ3n) is 2.65. The second kappa shape index (κ2) is 3.55. The fourth-order valence-corrected chi connectivity index (χ4v) is 1.82. The van der Waals surface area contributed by atoms with Crippen molar-refractivity contribution in [3.8, 4) is 5.69 Å². The van der Waals surface area contributed by atoms with Crippen LogP contribution < -0.4 is 0 Å². The summed E-state index contributed by atoms with van der Waals surface area (Å²) in [6.45, 7) is 1.91. The van der Waals surface area contributed by atoms with Gasteiger partial charge in [0.1, 0.15) is 0 Å². The number of carbonyl (C=O) groups excluding carboxylic acids is 1. The molecule has 0 aliphatic heterocycles. The van der Waals surface area contributed by atoms with Crippen LogP contribution in [-0.4, -0.2) is 21.0 Å². The lowest BCUT2D eigenvalue weighted by atomic mass is 10.1. The van der Waals surface area contributed by atoms with Gasteiger partial charge < -0.3 is 9.09 Å². The van der Waals surface area contributed by atoms with Crippen molar-refractivity contribution in [3.05, 3.63) is 42.1 Å². The molecule has 0 radical (unpaired) electrons. The maximum Gasteiger partial charge on any atom is 0.191 e. The molecule has 0 bridgehead atoms. The first-order chi connectivity index (χ1) is 8.29. The smallest absolute Gasteiger partial charge is 0.191 e. The second-order valence-corrected chi connectivity index (χ2v) is 3.78. The molecule has 3 rings (SSSR count). The maximum absolute atomic E-state index is 10.9. The highest BCUT2D eigenvalue weighted by Gasteiger charge is 2.11. The summed E-state index contributed by atoms with van der Waals surface area (Å²) >= 11 is 0. The van der Waals surface area contributed by atoms with E-state index in [1.807, 2.05) is 23.8 Å². The van der Waals surface area contributed by atoms with Gasteiger partial charge in [-0.2, -0.15) is 0 Å². The summed E-state index contributed by atoms with van der Waals surface area (Å²) in [7, 11) is 0. The van der Waals surface area contributed by atoms with Crippen LogP contribution in [0.1, 0.15) is 16.1 Å². The maximum atomic E-state index is 10.9. The number of fused-ring (bicyclic) bond motifs is 1. The molecule has 5 nitrogen and oxygen atoms in total. The first kappa shape index (κ1) is 9.77. The van der Waals surface area contributed by atoms with Gasteiger partial charge in [0.05, 0.1) is 29.3 Å². The Bertz CT molecular complexity index is 697. The van der Waals surface area contributed by atoms with Gasteiger partial charge in [-0.3, -0.25) is 4.79 Å². The Morgan fingerprint density at radius 1 is 1.41 bits per heavy atom. The van der Waals surface area contributed by atoms with Gasteiger partial charge in [-0.25, -0.2) is 4.98 Å². The van der Waals surface area contributed by atoms with Crippen LogP contribution in [-0.2, 0) is 0 Å². The molecule has 84 valence electrons. The van der Waals surface area contributed by atoms with E-state index in [1.54, 1.807) is 18.6 Å². The molecule has 0 aliphatic rings. The zero-order chi connectivity index (χ0) is 11.8. The fraction of sp³-hybridized carbons (Fsp3) is 0.0833. The summed E-state index contributed by atoms with van der Waals surface area (Å²) < 4.78 is 7.04. The predicted molar refractivity (Wildman–Crippen MR) is 61.3 cm³/mol. The number of carbonyl (C=O) groups is 1. The van der Waals surface area contributed by atoms with Crippen LogP contribution in [0.25, 0.3) is 16.7 Å². The van der Waals surface area contributed by atoms with Gasteiger partial charge in [0.25, 0.3) is 0 Å². The fourth-order valence-electron chi connectivity index (χ4n) is 1.82. The summed E-state index contributed by atoms with van der Waals surface area (Å²) in [4.78, 5) is 15.0. The highest BCUT2D eigenvalue weighted by atomic mass is 16.5. The topological polar surface area (TPSA) is 60.9 Å². The molecular weight excluding hydrogens is 218 g/mol. The van der Waals surface area contributed by atoms with E-state index < -0.39 is 0 Å². The van der Waals surface area contributed by atoms with E-state index in [0.717, 1.165) is 17.7 Å². The Morgan fingerprint density at radius 3 is 3.00 bits per heavy atom. The minimum atomic E-state index is 0.571. The van der Waals surface area contributed by atoms with Crippen molar-refractivity contribution in [2.24, 2.45) is 0 Å². The van der Waals surface area contributed by atoms with E-state index in [9.17, 15) is 4.79 Å². The molecule has 0 amide bonds. The van der Waals surface area contributed by atoms with Crippen LogP contribution in [0.15, 0.2) is 35.4 Å². The van der Waals surface area contributed by atoms with Crippen molar-refractivity contribution < 1.29 is 9.32 Å². The molecule has 0 N–H and O–H groups in total. The third-order valence-corrected chi connectivity index (χ3v) is 2.65. The van der Waals surface area contributed by atoms with Crippen molar-refractivity contribution in [1.82, 2.24) is 14.7 Å². The van der Waals surface area contributed by atoms with E-state index in [2.05, 4.69) is 10.1 Å². The van der Waals surface area contributed by atoms with Gasteiger partial charge in [0, 0.05) is 11.8 Å². The zero-order valence-corrected chi connectivity index (χ0v) is 9.12. The normalized spacial score (nSPS) is 10.9. The largest absolute Gasteiger partial charge is 0.354 e. The molecule has 5 heteroatoms. The Morgan fingerprint density at radius 2 is 2.29 bits per heavy atom. The number of imidazole rings is 1. The van der Waals surface area contributed by atoms with Crippen LogP contribution >= 0.6 is 0 Å². The van der Waals surface area contributed by atoms with Gasteiger partial charge in [0.15, 0.2) is 11.9 Å². The van der Waals surface area contributed by atoms with Gasteiger partial charge in [-0.05, 0) is 19.1 Å². The third kappa shape index (κ3) is 1.44. The lowest BCUT2D eigenvalue weighted by molar-refractivity contribution is 0.112. The Kier molecular flexibility index (Phi) is 2.04. The Balaban J connectivity index is 2.31. The van der Waals surface area contributed by atoms with Crippen molar-refractivity contribution in [2.75, 3.05) is 0 Å². The first-order valence-corrected chi connectivity index (χ1v) is 5.13. The summed E-state index contributed by atoms with van der Waals surface area (Å²) in [6.07, 6.45) is 5.93. The highest BCUT2D eigenvalue weighted by molar-refractivity contribution is 5.98. The molecule has 2 aromatic heterocycles. The van der Waals surface area contributed by atoms with Crippen LogP contribution in [0.2, 0.25) is 0 Å². The van der Waals surface area contributed by atoms with Crippen molar-refractivity contribution in [3.63, 3.8) is 0 Å². The van der Waals surface area contributed by atoms with Gasteiger partial charge in [-0.15, -0.1) is 0 Å². The molecule has 0 spiro atoms. The Hall–Kier alpha value is -2.43. The van der Waals surface area contributed by atoms with E-state index in [1.165, 1.54) is 0 Å². The molecule has 2 heterocycles. The van der Waals surface area contributed by atoms with Gasteiger partial charge >= 0.3 is 0 Å². The lowest BCUT2D eigenvalue weighted by Crippen LogP contribution is -1.92. The molecule has 17 heavy (non-hydrogen) atoms. The number of hydrogen-bond donors (Lipinski definition) is 0.